The molecule has 2 atom stereocenters. The molecule has 0 unspecified atom stereocenters. The van der Waals surface area contributed by atoms with Gasteiger partial charge in [-0.05, 0) is 25.7 Å². The van der Waals surface area contributed by atoms with Gasteiger partial charge in [-0.3, -0.25) is 9.59 Å². The third-order valence-electron chi connectivity index (χ3n) is 16.1. The van der Waals surface area contributed by atoms with Gasteiger partial charge in [0.25, 0.3) is 0 Å². The summed E-state index contributed by atoms with van der Waals surface area (Å²) in [5.41, 5.74) is 0. The van der Waals surface area contributed by atoms with Crippen molar-refractivity contribution in [2.24, 2.45) is 11.8 Å². The summed E-state index contributed by atoms with van der Waals surface area (Å²) in [5, 5.41) is 26.3. The molecule has 0 radical (unpaired) electrons. The lowest BCUT2D eigenvalue weighted by atomic mass is 9.93. The minimum atomic E-state index is -1.07. The van der Waals surface area contributed by atoms with Crippen molar-refractivity contribution in [1.82, 2.24) is 10.6 Å². The van der Waals surface area contributed by atoms with Gasteiger partial charge >= 0.3 is 11.9 Å². The number of carboxylic acids is 2. The zero-order chi connectivity index (χ0) is 55.6. The summed E-state index contributed by atoms with van der Waals surface area (Å²) < 4.78 is 0. The third kappa shape index (κ3) is 50.8. The molecule has 0 rings (SSSR count). The molecule has 76 heavy (non-hydrogen) atoms. The quantitative estimate of drug-likeness (QED) is 0.0350. The molecule has 0 aliphatic rings. The van der Waals surface area contributed by atoms with E-state index in [1.54, 1.807) is 0 Å². The normalized spacial score (nSPS) is 12.4. The van der Waals surface area contributed by atoms with Gasteiger partial charge in [0.15, 0.2) is 0 Å². The van der Waals surface area contributed by atoms with Crippen LogP contribution in [-0.2, 0) is 19.2 Å². The van der Waals surface area contributed by atoms with Crippen molar-refractivity contribution in [1.29, 1.82) is 0 Å². The summed E-state index contributed by atoms with van der Waals surface area (Å²) in [6.07, 6.45) is 63.8. The van der Waals surface area contributed by atoms with Crippen molar-refractivity contribution in [3.05, 3.63) is 0 Å². The first-order chi connectivity index (χ1) is 37.2. The van der Waals surface area contributed by atoms with Gasteiger partial charge in [0.1, 0.15) is 12.1 Å². The lowest BCUT2D eigenvalue weighted by Gasteiger charge is -2.21. The Hall–Kier alpha value is -1.42. The van der Waals surface area contributed by atoms with E-state index in [-0.39, 0.29) is 35.2 Å². The molecule has 0 heterocycles. The number of carboxylic acid groups (broad SMARTS) is 2. The first kappa shape index (κ1) is 74.6. The molecule has 0 aromatic heterocycles. The highest BCUT2D eigenvalue weighted by molar-refractivity contribution is 8.76. The van der Waals surface area contributed by atoms with E-state index in [0.717, 1.165) is 77.0 Å². The molecular weight excluding hydrogens is 981 g/mol. The molecule has 0 aromatic rings. The summed E-state index contributed by atoms with van der Waals surface area (Å²) in [6.45, 7) is 9.06. The largest absolute Gasteiger partial charge is 0.480 e. The predicted molar refractivity (Wildman–Crippen MR) is 334 cm³/mol. The molecule has 0 aliphatic heterocycles. The van der Waals surface area contributed by atoms with E-state index in [1.165, 1.54) is 278 Å². The molecule has 0 bridgehead atoms. The first-order valence-electron chi connectivity index (χ1n) is 33.5. The fourth-order valence-corrected chi connectivity index (χ4v) is 13.2. The number of amides is 2. The van der Waals surface area contributed by atoms with Crippen LogP contribution in [0.25, 0.3) is 0 Å². The topological polar surface area (TPSA) is 133 Å². The van der Waals surface area contributed by atoms with E-state index < -0.39 is 24.0 Å². The standard InChI is InChI=1S/C66H128N2O6S2/c1-5-9-13-17-21-25-29-33-37-41-45-49-53-59(54-50-46-42-38-34-30-26-22-18-14-10-6-2)63(69)67-61(65(71)72)57-75-76-58-62(66(73)74)68-64(70)60(55-51-47-43-39-35-31-27-23-19-15-11-7-3)56-52-48-44-40-36-32-28-24-20-16-12-8-4/h59-62H,5-58H2,1-4H3,(H,67,69)(H,68,70)(H,71,72)(H,73,74)/t61-,62-/m0/s1. The van der Waals surface area contributed by atoms with Gasteiger partial charge in [-0.15, -0.1) is 0 Å². The first-order valence-corrected chi connectivity index (χ1v) is 36.0. The second-order valence-electron chi connectivity index (χ2n) is 23.5. The highest BCUT2D eigenvalue weighted by Gasteiger charge is 2.28. The Bertz CT molecular complexity index is 1120. The Morgan fingerprint density at radius 1 is 0.276 bits per heavy atom. The molecule has 2 amide bonds. The fraction of sp³-hybridized carbons (Fsp3) is 0.939. The zero-order valence-corrected chi connectivity index (χ0v) is 52.5. The molecule has 0 saturated heterocycles. The Balaban J connectivity index is 5.22. The minimum Gasteiger partial charge on any atom is -0.480 e. The van der Waals surface area contributed by atoms with E-state index in [2.05, 4.69) is 38.3 Å². The highest BCUT2D eigenvalue weighted by atomic mass is 33.1. The van der Waals surface area contributed by atoms with E-state index in [4.69, 9.17) is 0 Å². The van der Waals surface area contributed by atoms with Crippen LogP contribution in [0.3, 0.4) is 0 Å². The van der Waals surface area contributed by atoms with E-state index >= 15 is 0 Å². The number of hydrogen-bond acceptors (Lipinski definition) is 6. The summed E-state index contributed by atoms with van der Waals surface area (Å²) >= 11 is 0. The summed E-state index contributed by atoms with van der Waals surface area (Å²) in [5.74, 6) is -2.62. The molecule has 0 spiro atoms. The molecular formula is C66H128N2O6S2. The number of hydrogen-bond donors (Lipinski definition) is 4. The smallest absolute Gasteiger partial charge is 0.327 e. The van der Waals surface area contributed by atoms with Crippen LogP contribution in [0.15, 0.2) is 0 Å². The SMILES string of the molecule is CCCCCCCCCCCCCCC(CCCCCCCCCCCCCC)C(=O)N[C@@H](CSSC[C@H](NC(=O)C(CCCCCCCCCCCCCC)CCCCCCCCCCCCCC)C(=O)O)C(=O)O. The number of aliphatic carboxylic acids is 2. The maximum Gasteiger partial charge on any atom is 0.327 e. The van der Waals surface area contributed by atoms with Crippen LogP contribution in [0.4, 0.5) is 0 Å². The van der Waals surface area contributed by atoms with Gasteiger partial charge in [0.05, 0.1) is 0 Å². The Labute approximate surface area is 479 Å². The second kappa shape index (κ2) is 59.7. The van der Waals surface area contributed by atoms with Crippen LogP contribution >= 0.6 is 21.6 Å². The Morgan fingerprint density at radius 3 is 0.592 bits per heavy atom. The number of rotatable bonds is 63. The van der Waals surface area contributed by atoms with Gasteiger partial charge in [0, 0.05) is 23.3 Å². The van der Waals surface area contributed by atoms with Crippen molar-refractivity contribution in [3.8, 4) is 0 Å². The maximum absolute atomic E-state index is 13.8. The number of carbonyl (C=O) groups excluding carboxylic acids is 2. The van der Waals surface area contributed by atoms with Gasteiger partial charge in [-0.25, -0.2) is 9.59 Å². The van der Waals surface area contributed by atoms with E-state index in [9.17, 15) is 29.4 Å². The van der Waals surface area contributed by atoms with Gasteiger partial charge in [-0.1, -0.05) is 357 Å². The molecule has 0 aliphatic carbocycles. The highest BCUT2D eigenvalue weighted by Crippen LogP contribution is 2.27. The van der Waals surface area contributed by atoms with Crippen molar-refractivity contribution in [2.45, 2.75) is 374 Å². The van der Waals surface area contributed by atoms with Crippen molar-refractivity contribution >= 4 is 45.3 Å². The maximum atomic E-state index is 13.8. The average molecular weight is 1110 g/mol. The zero-order valence-electron chi connectivity index (χ0n) is 50.8. The predicted octanol–water partition coefficient (Wildman–Crippen LogP) is 21.1. The number of unbranched alkanes of at least 4 members (excludes halogenated alkanes) is 44. The molecule has 10 heteroatoms. The van der Waals surface area contributed by atoms with E-state index in [0.29, 0.717) is 0 Å². The van der Waals surface area contributed by atoms with Crippen LogP contribution in [0, 0.1) is 11.8 Å². The molecule has 450 valence electrons. The van der Waals surface area contributed by atoms with Crippen LogP contribution in [0.5, 0.6) is 0 Å². The average Bonchev–Trinajstić information content (AvgIpc) is 3.41. The van der Waals surface area contributed by atoms with Crippen LogP contribution in [0.1, 0.15) is 362 Å². The van der Waals surface area contributed by atoms with Crippen molar-refractivity contribution in [2.75, 3.05) is 11.5 Å². The van der Waals surface area contributed by atoms with Crippen molar-refractivity contribution in [3.63, 3.8) is 0 Å². The molecule has 0 fully saturated rings. The summed E-state index contributed by atoms with van der Waals surface area (Å²) in [4.78, 5) is 52.7. The second-order valence-corrected chi connectivity index (χ2v) is 26.0. The van der Waals surface area contributed by atoms with Crippen LogP contribution in [0.2, 0.25) is 0 Å². The molecule has 4 N–H and O–H groups in total. The summed E-state index contributed by atoms with van der Waals surface area (Å²) in [6, 6.07) is -2.13. The number of carbonyl (C=O) groups is 4. The van der Waals surface area contributed by atoms with Crippen LogP contribution in [-0.4, -0.2) is 57.6 Å². The minimum absolute atomic E-state index is 0.122. The molecule has 8 nitrogen and oxygen atoms in total. The monoisotopic (exact) mass is 1110 g/mol. The lowest BCUT2D eigenvalue weighted by Crippen LogP contribution is -2.46. The Kier molecular flexibility index (Phi) is 58.6. The number of nitrogens with one attached hydrogen (secondary N) is 2. The fourth-order valence-electron chi connectivity index (χ4n) is 10.9. The van der Waals surface area contributed by atoms with E-state index in [1.807, 2.05) is 0 Å². The lowest BCUT2D eigenvalue weighted by molar-refractivity contribution is -0.142. The van der Waals surface area contributed by atoms with Gasteiger partial charge in [-0.2, -0.15) is 0 Å². The molecule has 0 saturated carbocycles. The van der Waals surface area contributed by atoms with Crippen LogP contribution < -0.4 is 10.6 Å². The van der Waals surface area contributed by atoms with Gasteiger partial charge < -0.3 is 20.8 Å². The third-order valence-corrected chi connectivity index (χ3v) is 18.6. The molecule has 0 aromatic carbocycles. The summed E-state index contributed by atoms with van der Waals surface area (Å²) in [7, 11) is 2.53. The Morgan fingerprint density at radius 2 is 0.434 bits per heavy atom. The van der Waals surface area contributed by atoms with Crippen molar-refractivity contribution < 1.29 is 29.4 Å². The van der Waals surface area contributed by atoms with Gasteiger partial charge in [0.2, 0.25) is 11.8 Å².